The molecule has 2 N–H and O–H groups in total. The average molecular weight is 302 g/mol. The molecule has 19 heavy (non-hydrogen) atoms. The number of hydrogen-bond donors (Lipinski definition) is 2. The second-order valence-corrected chi connectivity index (χ2v) is 5.84. The third kappa shape index (κ3) is 3.15. The van der Waals surface area contributed by atoms with Crippen LogP contribution in [-0.4, -0.2) is 13.5 Å². The highest BCUT2D eigenvalue weighted by Crippen LogP contribution is 2.28. The third-order valence-electron chi connectivity index (χ3n) is 2.31. The van der Waals surface area contributed by atoms with Gasteiger partial charge in [-0.2, -0.15) is 0 Å². The van der Waals surface area contributed by atoms with Gasteiger partial charge in [-0.1, -0.05) is 17.7 Å². The second kappa shape index (κ2) is 5.07. The first-order valence-corrected chi connectivity index (χ1v) is 7.01. The Morgan fingerprint density at radius 1 is 1.16 bits per heavy atom. The molecular formula is C12H9ClFNO3S. The Morgan fingerprint density at radius 3 is 2.53 bits per heavy atom. The highest BCUT2D eigenvalue weighted by atomic mass is 35.5. The Bertz CT molecular complexity index is 719. The maximum absolute atomic E-state index is 13.0. The van der Waals surface area contributed by atoms with Gasteiger partial charge in [-0.25, -0.2) is 12.8 Å². The molecule has 0 aliphatic heterocycles. The molecule has 0 spiro atoms. The summed E-state index contributed by atoms with van der Waals surface area (Å²) in [5.74, 6) is -0.976. The van der Waals surface area contributed by atoms with Crippen molar-refractivity contribution in [3.63, 3.8) is 0 Å². The van der Waals surface area contributed by atoms with Gasteiger partial charge in [0, 0.05) is 11.1 Å². The van der Waals surface area contributed by atoms with E-state index in [0.717, 1.165) is 12.1 Å². The number of phenols is 1. The minimum Gasteiger partial charge on any atom is -0.506 e. The van der Waals surface area contributed by atoms with E-state index in [1.54, 1.807) is 0 Å². The van der Waals surface area contributed by atoms with Crippen molar-refractivity contribution in [3.8, 4) is 5.75 Å². The first-order chi connectivity index (χ1) is 8.88. The molecule has 100 valence electrons. The number of nitrogens with one attached hydrogen (secondary N) is 1. The molecule has 7 heteroatoms. The molecule has 0 fully saturated rings. The summed E-state index contributed by atoms with van der Waals surface area (Å²) < 4.78 is 39.1. The molecule has 0 bridgehead atoms. The lowest BCUT2D eigenvalue weighted by Gasteiger charge is -2.09. The van der Waals surface area contributed by atoms with E-state index in [-0.39, 0.29) is 21.4 Å². The molecule has 2 rings (SSSR count). The molecule has 0 saturated carbocycles. The normalized spacial score (nSPS) is 11.3. The van der Waals surface area contributed by atoms with E-state index >= 15 is 0 Å². The first kappa shape index (κ1) is 13.6. The lowest BCUT2D eigenvalue weighted by molar-refractivity contribution is 0.477. The maximum Gasteiger partial charge on any atom is 0.262 e. The van der Waals surface area contributed by atoms with Crippen LogP contribution in [0.15, 0.2) is 47.4 Å². The molecule has 0 atom stereocenters. The minimum absolute atomic E-state index is 0.0336. The molecule has 2 aromatic rings. The fraction of sp³-hybridized carbons (Fsp3) is 0. The molecule has 2 aromatic carbocycles. The molecule has 4 nitrogen and oxygen atoms in total. The van der Waals surface area contributed by atoms with Crippen LogP contribution in [0.2, 0.25) is 5.02 Å². The summed E-state index contributed by atoms with van der Waals surface area (Å²) in [6, 6.07) is 8.49. The SMILES string of the molecule is O=S(=O)(Nc1ccc(Cl)cc1O)c1cccc(F)c1. The zero-order valence-corrected chi connectivity index (χ0v) is 11.0. The Hall–Kier alpha value is -1.79. The van der Waals surface area contributed by atoms with Crippen molar-refractivity contribution in [1.82, 2.24) is 0 Å². The van der Waals surface area contributed by atoms with Crippen molar-refractivity contribution >= 4 is 27.3 Å². The highest BCUT2D eigenvalue weighted by molar-refractivity contribution is 7.92. The molecule has 0 amide bonds. The standard InChI is InChI=1S/C12H9ClFNO3S/c13-8-4-5-11(12(16)6-8)15-19(17,18)10-3-1-2-9(14)7-10/h1-7,15-16H. The maximum atomic E-state index is 13.0. The molecule has 0 unspecified atom stereocenters. The fourth-order valence-corrected chi connectivity index (χ4v) is 2.70. The average Bonchev–Trinajstić information content (AvgIpc) is 2.33. The van der Waals surface area contributed by atoms with Gasteiger partial charge in [0.2, 0.25) is 0 Å². The number of sulfonamides is 1. The summed E-state index contributed by atoms with van der Waals surface area (Å²) in [6.45, 7) is 0. The zero-order chi connectivity index (χ0) is 14.0. The summed E-state index contributed by atoms with van der Waals surface area (Å²) in [5.41, 5.74) is -0.0336. The molecule has 0 aliphatic rings. The predicted molar refractivity (Wildman–Crippen MR) is 70.3 cm³/mol. The number of benzene rings is 2. The minimum atomic E-state index is -3.96. The van der Waals surface area contributed by atoms with Crippen molar-refractivity contribution in [2.45, 2.75) is 4.90 Å². The number of hydrogen-bond acceptors (Lipinski definition) is 3. The number of anilines is 1. The largest absolute Gasteiger partial charge is 0.506 e. The van der Waals surface area contributed by atoms with Gasteiger partial charge < -0.3 is 5.11 Å². The van der Waals surface area contributed by atoms with Crippen LogP contribution in [0, 0.1) is 5.82 Å². The van der Waals surface area contributed by atoms with Crippen LogP contribution in [0.4, 0.5) is 10.1 Å². The quantitative estimate of drug-likeness (QED) is 0.857. The second-order valence-electron chi connectivity index (χ2n) is 3.72. The van der Waals surface area contributed by atoms with Gasteiger partial charge in [-0.15, -0.1) is 0 Å². The monoisotopic (exact) mass is 301 g/mol. The Balaban J connectivity index is 2.36. The van der Waals surface area contributed by atoms with Crippen molar-refractivity contribution in [2.75, 3.05) is 4.72 Å². The van der Waals surface area contributed by atoms with E-state index in [4.69, 9.17) is 11.6 Å². The summed E-state index contributed by atoms with van der Waals surface area (Å²) in [7, 11) is -3.96. The Labute approximate surface area is 114 Å². The topological polar surface area (TPSA) is 66.4 Å². The van der Waals surface area contributed by atoms with Gasteiger partial charge in [-0.3, -0.25) is 4.72 Å². The smallest absolute Gasteiger partial charge is 0.262 e. The Kier molecular flexibility index (Phi) is 3.64. The number of aromatic hydroxyl groups is 1. The van der Waals surface area contributed by atoms with Crippen molar-refractivity contribution in [3.05, 3.63) is 53.3 Å². The van der Waals surface area contributed by atoms with Crippen molar-refractivity contribution in [1.29, 1.82) is 0 Å². The Morgan fingerprint density at radius 2 is 1.89 bits per heavy atom. The van der Waals surface area contributed by atoms with Gasteiger partial charge in [0.1, 0.15) is 11.6 Å². The van der Waals surface area contributed by atoms with Crippen LogP contribution in [0.25, 0.3) is 0 Å². The van der Waals surface area contributed by atoms with E-state index in [2.05, 4.69) is 4.72 Å². The molecule has 0 aliphatic carbocycles. The van der Waals surface area contributed by atoms with Crippen LogP contribution in [0.1, 0.15) is 0 Å². The predicted octanol–water partition coefficient (Wildman–Crippen LogP) is 2.99. The zero-order valence-electron chi connectivity index (χ0n) is 9.47. The van der Waals surface area contributed by atoms with E-state index in [1.165, 1.54) is 30.3 Å². The number of rotatable bonds is 3. The summed E-state index contributed by atoms with van der Waals surface area (Å²) in [4.78, 5) is -0.234. The first-order valence-electron chi connectivity index (χ1n) is 5.15. The van der Waals surface area contributed by atoms with Crippen LogP contribution >= 0.6 is 11.6 Å². The summed E-state index contributed by atoms with van der Waals surface area (Å²) >= 11 is 5.64. The van der Waals surface area contributed by atoms with Gasteiger partial charge in [0.25, 0.3) is 10.0 Å². The highest BCUT2D eigenvalue weighted by Gasteiger charge is 2.16. The third-order valence-corrected chi connectivity index (χ3v) is 3.91. The van der Waals surface area contributed by atoms with Crippen LogP contribution in [0.3, 0.4) is 0 Å². The lowest BCUT2D eigenvalue weighted by Crippen LogP contribution is -2.13. The molecular weight excluding hydrogens is 293 g/mol. The lowest BCUT2D eigenvalue weighted by atomic mass is 10.3. The van der Waals surface area contributed by atoms with Crippen LogP contribution in [-0.2, 0) is 10.0 Å². The number of halogens is 2. The van der Waals surface area contributed by atoms with E-state index in [9.17, 15) is 17.9 Å². The summed E-state index contributed by atoms with van der Waals surface area (Å²) in [5, 5.41) is 9.84. The molecule has 0 saturated heterocycles. The van der Waals surface area contributed by atoms with E-state index in [0.29, 0.717) is 0 Å². The van der Waals surface area contributed by atoms with Crippen LogP contribution < -0.4 is 4.72 Å². The van der Waals surface area contributed by atoms with E-state index < -0.39 is 15.8 Å². The van der Waals surface area contributed by atoms with E-state index in [1.807, 2.05) is 0 Å². The molecule has 0 radical (unpaired) electrons. The van der Waals surface area contributed by atoms with Crippen LogP contribution in [0.5, 0.6) is 5.75 Å². The summed E-state index contributed by atoms with van der Waals surface area (Å²) in [6.07, 6.45) is 0. The van der Waals surface area contributed by atoms with Gasteiger partial charge in [-0.05, 0) is 30.3 Å². The molecule has 0 aromatic heterocycles. The van der Waals surface area contributed by atoms with Gasteiger partial charge in [0.05, 0.1) is 10.6 Å². The van der Waals surface area contributed by atoms with Crippen molar-refractivity contribution < 1.29 is 17.9 Å². The van der Waals surface area contributed by atoms with Crippen molar-refractivity contribution in [2.24, 2.45) is 0 Å². The van der Waals surface area contributed by atoms with Gasteiger partial charge >= 0.3 is 0 Å². The fourth-order valence-electron chi connectivity index (χ4n) is 1.43. The number of phenolic OH excluding ortho intramolecular Hbond substituents is 1. The van der Waals surface area contributed by atoms with Gasteiger partial charge in [0.15, 0.2) is 0 Å². The molecule has 0 heterocycles.